The predicted octanol–water partition coefficient (Wildman–Crippen LogP) is 3.34. The first-order valence-electron chi connectivity index (χ1n) is 7.53. The van der Waals surface area contributed by atoms with Crippen LogP contribution in [0, 0.1) is 6.92 Å². The van der Waals surface area contributed by atoms with Crippen LogP contribution in [0.3, 0.4) is 0 Å². The minimum atomic E-state index is 1.06. The fourth-order valence-corrected chi connectivity index (χ4v) is 2.04. The van der Waals surface area contributed by atoms with Crippen molar-refractivity contribution in [1.82, 2.24) is 9.88 Å². The van der Waals surface area contributed by atoms with Crippen LogP contribution < -0.4 is 4.90 Å². The van der Waals surface area contributed by atoms with Crippen LogP contribution in [0.2, 0.25) is 0 Å². The minimum Gasteiger partial charge on any atom is -0.355 e. The summed E-state index contributed by atoms with van der Waals surface area (Å²) in [6, 6.07) is 4.25. The molecular formula is C16H29N3. The third-order valence-corrected chi connectivity index (χ3v) is 3.55. The molecule has 3 nitrogen and oxygen atoms in total. The summed E-state index contributed by atoms with van der Waals surface area (Å²) in [7, 11) is 2.17. The van der Waals surface area contributed by atoms with E-state index < -0.39 is 0 Å². The van der Waals surface area contributed by atoms with Crippen LogP contribution in [0.5, 0.6) is 0 Å². The molecule has 0 unspecified atom stereocenters. The molecule has 108 valence electrons. The van der Waals surface area contributed by atoms with Crippen molar-refractivity contribution in [3.05, 3.63) is 23.9 Å². The molecule has 0 aliphatic heterocycles. The molecule has 0 N–H and O–H groups in total. The van der Waals surface area contributed by atoms with Crippen LogP contribution in [0.4, 0.5) is 5.82 Å². The minimum absolute atomic E-state index is 1.06. The molecule has 0 saturated carbocycles. The summed E-state index contributed by atoms with van der Waals surface area (Å²) < 4.78 is 0. The highest BCUT2D eigenvalue weighted by Gasteiger charge is 2.08. The number of rotatable bonds is 9. The van der Waals surface area contributed by atoms with Gasteiger partial charge in [0.1, 0.15) is 5.82 Å². The second kappa shape index (κ2) is 8.92. The van der Waals surface area contributed by atoms with E-state index in [4.69, 9.17) is 0 Å². The van der Waals surface area contributed by atoms with Gasteiger partial charge in [-0.25, -0.2) is 4.98 Å². The number of aromatic nitrogens is 1. The average Bonchev–Trinajstić information content (AvgIpc) is 2.42. The van der Waals surface area contributed by atoms with Crippen LogP contribution >= 0.6 is 0 Å². The molecule has 1 aromatic rings. The van der Waals surface area contributed by atoms with E-state index in [1.165, 1.54) is 24.8 Å². The molecule has 1 rings (SSSR count). The van der Waals surface area contributed by atoms with Gasteiger partial charge in [0, 0.05) is 25.8 Å². The fraction of sp³-hybridized carbons (Fsp3) is 0.688. The molecule has 0 aliphatic rings. The average molecular weight is 263 g/mol. The van der Waals surface area contributed by atoms with Gasteiger partial charge in [-0.2, -0.15) is 0 Å². The van der Waals surface area contributed by atoms with Gasteiger partial charge < -0.3 is 9.80 Å². The number of aryl methyl sites for hydroxylation is 1. The Kier molecular flexibility index (Phi) is 7.49. The normalized spacial score (nSPS) is 11.0. The highest BCUT2D eigenvalue weighted by atomic mass is 15.2. The van der Waals surface area contributed by atoms with E-state index in [9.17, 15) is 0 Å². The highest BCUT2D eigenvalue weighted by molar-refractivity contribution is 5.40. The number of anilines is 1. The largest absolute Gasteiger partial charge is 0.355 e. The number of hydrogen-bond donors (Lipinski definition) is 0. The smallest absolute Gasteiger partial charge is 0.128 e. The van der Waals surface area contributed by atoms with Crippen molar-refractivity contribution in [2.24, 2.45) is 0 Å². The molecule has 0 aliphatic carbocycles. The quantitative estimate of drug-likeness (QED) is 0.637. The van der Waals surface area contributed by atoms with E-state index in [0.29, 0.717) is 0 Å². The van der Waals surface area contributed by atoms with Crippen molar-refractivity contribution < 1.29 is 0 Å². The van der Waals surface area contributed by atoms with Crippen molar-refractivity contribution in [2.45, 2.75) is 40.0 Å². The Bertz CT molecular complexity index is 352. The highest BCUT2D eigenvalue weighted by Crippen LogP contribution is 2.13. The van der Waals surface area contributed by atoms with Gasteiger partial charge in [0.25, 0.3) is 0 Å². The lowest BCUT2D eigenvalue weighted by atomic mass is 10.2. The van der Waals surface area contributed by atoms with E-state index in [-0.39, 0.29) is 0 Å². The first-order valence-corrected chi connectivity index (χ1v) is 7.53. The maximum Gasteiger partial charge on any atom is 0.128 e. The first kappa shape index (κ1) is 16.0. The third-order valence-electron chi connectivity index (χ3n) is 3.55. The zero-order valence-corrected chi connectivity index (χ0v) is 13.0. The van der Waals surface area contributed by atoms with Gasteiger partial charge >= 0.3 is 0 Å². The molecule has 19 heavy (non-hydrogen) atoms. The number of unbranched alkanes of at least 4 members (excludes halogenated alkanes) is 2. The lowest BCUT2D eigenvalue weighted by Gasteiger charge is -2.26. The topological polar surface area (TPSA) is 19.4 Å². The Balaban J connectivity index is 2.62. The van der Waals surface area contributed by atoms with Crippen molar-refractivity contribution in [3.63, 3.8) is 0 Å². The SMILES string of the molecule is CCCCCN(CCN(C)CC)c1cc(C)ccn1. The fourth-order valence-electron chi connectivity index (χ4n) is 2.04. The van der Waals surface area contributed by atoms with Gasteiger partial charge in [-0.05, 0) is 44.6 Å². The molecule has 0 fully saturated rings. The van der Waals surface area contributed by atoms with E-state index >= 15 is 0 Å². The standard InChI is InChI=1S/C16H29N3/c1-5-7-8-11-19(13-12-18(4)6-2)16-14-15(3)9-10-17-16/h9-10,14H,5-8,11-13H2,1-4H3. The van der Waals surface area contributed by atoms with Gasteiger partial charge in [-0.15, -0.1) is 0 Å². The van der Waals surface area contributed by atoms with E-state index in [1.807, 2.05) is 6.20 Å². The Morgan fingerprint density at radius 3 is 2.53 bits per heavy atom. The second-order valence-corrected chi connectivity index (χ2v) is 5.28. The maximum absolute atomic E-state index is 4.53. The lowest BCUT2D eigenvalue weighted by molar-refractivity contribution is 0.357. The maximum atomic E-state index is 4.53. The molecule has 1 heterocycles. The zero-order chi connectivity index (χ0) is 14.1. The Hall–Kier alpha value is -1.09. The van der Waals surface area contributed by atoms with E-state index in [1.54, 1.807) is 0 Å². The predicted molar refractivity (Wildman–Crippen MR) is 83.9 cm³/mol. The summed E-state index contributed by atoms with van der Waals surface area (Å²) in [4.78, 5) is 9.31. The monoisotopic (exact) mass is 263 g/mol. The molecule has 0 saturated heterocycles. The van der Waals surface area contributed by atoms with Crippen LogP contribution in [0.25, 0.3) is 0 Å². The number of likely N-dealkylation sites (N-methyl/N-ethyl adjacent to an activating group) is 1. The summed E-state index contributed by atoms with van der Waals surface area (Å²) >= 11 is 0. The van der Waals surface area contributed by atoms with Gasteiger partial charge in [-0.1, -0.05) is 26.7 Å². The third kappa shape index (κ3) is 6.06. The molecule has 1 aromatic heterocycles. The molecule has 0 aromatic carbocycles. The van der Waals surface area contributed by atoms with Crippen molar-refractivity contribution >= 4 is 5.82 Å². The van der Waals surface area contributed by atoms with E-state index in [0.717, 1.165) is 32.0 Å². The molecule has 0 radical (unpaired) electrons. The Morgan fingerprint density at radius 2 is 1.89 bits per heavy atom. The summed E-state index contributed by atoms with van der Waals surface area (Å²) in [5.41, 5.74) is 1.29. The van der Waals surface area contributed by atoms with E-state index in [2.05, 4.69) is 54.7 Å². The summed E-state index contributed by atoms with van der Waals surface area (Å²) in [5, 5.41) is 0. The molecular weight excluding hydrogens is 234 g/mol. The number of hydrogen-bond acceptors (Lipinski definition) is 3. The molecule has 0 bridgehead atoms. The first-order chi connectivity index (χ1) is 9.17. The number of nitrogens with zero attached hydrogens (tertiary/aromatic N) is 3. The molecule has 0 atom stereocenters. The molecule has 0 amide bonds. The summed E-state index contributed by atoms with van der Waals surface area (Å²) in [6.07, 6.45) is 5.73. The van der Waals surface area contributed by atoms with Gasteiger partial charge in [0.2, 0.25) is 0 Å². The molecule has 0 spiro atoms. The summed E-state index contributed by atoms with van der Waals surface area (Å²) in [6.45, 7) is 11.0. The van der Waals surface area contributed by atoms with Crippen molar-refractivity contribution in [1.29, 1.82) is 0 Å². The van der Waals surface area contributed by atoms with Crippen LogP contribution in [-0.2, 0) is 0 Å². The number of pyridine rings is 1. The van der Waals surface area contributed by atoms with Crippen molar-refractivity contribution in [3.8, 4) is 0 Å². The van der Waals surface area contributed by atoms with Crippen molar-refractivity contribution in [2.75, 3.05) is 38.1 Å². The lowest BCUT2D eigenvalue weighted by Crippen LogP contribution is -2.34. The van der Waals surface area contributed by atoms with Gasteiger partial charge in [0.05, 0.1) is 0 Å². The van der Waals surface area contributed by atoms with Crippen LogP contribution in [0.1, 0.15) is 38.7 Å². The van der Waals surface area contributed by atoms with Gasteiger partial charge in [-0.3, -0.25) is 0 Å². The zero-order valence-electron chi connectivity index (χ0n) is 13.0. The van der Waals surface area contributed by atoms with Crippen LogP contribution in [-0.4, -0.2) is 43.1 Å². The Morgan fingerprint density at radius 1 is 1.11 bits per heavy atom. The van der Waals surface area contributed by atoms with Crippen LogP contribution in [0.15, 0.2) is 18.3 Å². The Labute approximate surface area is 118 Å². The summed E-state index contributed by atoms with van der Waals surface area (Å²) in [5.74, 6) is 1.13. The second-order valence-electron chi connectivity index (χ2n) is 5.28. The van der Waals surface area contributed by atoms with Gasteiger partial charge in [0.15, 0.2) is 0 Å². The molecule has 3 heteroatoms.